The summed E-state index contributed by atoms with van der Waals surface area (Å²) < 4.78 is 7.03. The van der Waals surface area contributed by atoms with Gasteiger partial charge in [-0.15, -0.1) is 0 Å². The minimum Gasteiger partial charge on any atom is -0.481 e. The van der Waals surface area contributed by atoms with Gasteiger partial charge in [0, 0.05) is 6.07 Å². The number of hydrogen-bond acceptors (Lipinski definition) is 4. The number of carbonyl (C=O) groups is 2. The number of hydrogen-bond donors (Lipinski definition) is 2. The number of fused-ring (bicyclic) bond motifs is 1. The molecule has 0 aliphatic carbocycles. The molecule has 3 rings (SSSR count). The van der Waals surface area contributed by atoms with E-state index in [2.05, 4.69) is 10.4 Å². The number of rotatable bonds is 2. The van der Waals surface area contributed by atoms with Crippen LogP contribution < -0.4 is 10.1 Å². The fourth-order valence-corrected chi connectivity index (χ4v) is 2.18. The van der Waals surface area contributed by atoms with Crippen molar-refractivity contribution in [2.24, 2.45) is 5.92 Å². The van der Waals surface area contributed by atoms with Gasteiger partial charge in [-0.2, -0.15) is 5.10 Å². The van der Waals surface area contributed by atoms with E-state index < -0.39 is 17.8 Å². The molecule has 0 spiro atoms. The Kier molecular flexibility index (Phi) is 2.07. The van der Waals surface area contributed by atoms with Gasteiger partial charge in [-0.3, -0.25) is 9.59 Å². The number of carboxylic acids is 1. The van der Waals surface area contributed by atoms with E-state index >= 15 is 0 Å². The fourth-order valence-electron chi connectivity index (χ4n) is 2.18. The van der Waals surface area contributed by atoms with Crippen molar-refractivity contribution in [2.45, 2.75) is 19.0 Å². The quantitative estimate of drug-likeness (QED) is 0.679. The monoisotopic (exact) mass is 237 g/mol. The molecular formula is C10H11N3O4. The lowest BCUT2D eigenvalue weighted by Crippen LogP contribution is -2.25. The maximum absolute atomic E-state index is 11.4. The second-order valence-electron chi connectivity index (χ2n) is 4.17. The lowest BCUT2D eigenvalue weighted by molar-refractivity contribution is -0.145. The van der Waals surface area contributed by atoms with Crippen molar-refractivity contribution in [3.05, 3.63) is 11.8 Å². The molecule has 0 aromatic carbocycles. The second kappa shape index (κ2) is 3.47. The first-order valence-electron chi connectivity index (χ1n) is 5.39. The van der Waals surface area contributed by atoms with Crippen LogP contribution >= 0.6 is 0 Å². The van der Waals surface area contributed by atoms with Crippen molar-refractivity contribution >= 4 is 11.9 Å². The van der Waals surface area contributed by atoms with Crippen molar-refractivity contribution in [1.29, 1.82) is 0 Å². The third-order valence-electron chi connectivity index (χ3n) is 3.07. The number of aliphatic carboxylic acids is 1. The van der Waals surface area contributed by atoms with Gasteiger partial charge < -0.3 is 15.2 Å². The van der Waals surface area contributed by atoms with Crippen molar-refractivity contribution in [3.8, 4) is 5.88 Å². The number of ether oxygens (including phenoxy) is 1. The fraction of sp³-hybridized carbons (Fsp3) is 0.500. The molecule has 1 aromatic rings. The molecule has 2 aliphatic rings. The summed E-state index contributed by atoms with van der Waals surface area (Å²) in [6.45, 7) is 1.30. The Morgan fingerprint density at radius 1 is 1.65 bits per heavy atom. The zero-order valence-corrected chi connectivity index (χ0v) is 8.92. The van der Waals surface area contributed by atoms with Crippen LogP contribution in [0.1, 0.15) is 18.2 Å². The number of nitrogens with one attached hydrogen (secondary N) is 1. The summed E-state index contributed by atoms with van der Waals surface area (Å²) in [5.74, 6) is -1.84. The van der Waals surface area contributed by atoms with Gasteiger partial charge in [0.25, 0.3) is 0 Å². The standard InChI is InChI=1S/C10H11N3O4/c14-9-5(10(15)16)3-6(11-9)7-4-8-13(12-7)1-2-17-8/h4-6H,1-3H2,(H,11,14)(H,15,16). The van der Waals surface area contributed by atoms with Crippen LogP contribution in [0.15, 0.2) is 6.07 Å². The van der Waals surface area contributed by atoms with Crippen molar-refractivity contribution < 1.29 is 19.4 Å². The Hall–Kier alpha value is -2.05. The van der Waals surface area contributed by atoms with Gasteiger partial charge in [-0.05, 0) is 6.42 Å². The van der Waals surface area contributed by atoms with Crippen LogP contribution in [0.25, 0.3) is 0 Å². The first kappa shape index (κ1) is 10.1. The van der Waals surface area contributed by atoms with Crippen LogP contribution in [-0.2, 0) is 16.1 Å². The molecule has 2 N–H and O–H groups in total. The largest absolute Gasteiger partial charge is 0.481 e. The van der Waals surface area contributed by atoms with E-state index in [4.69, 9.17) is 9.84 Å². The zero-order chi connectivity index (χ0) is 12.0. The third kappa shape index (κ3) is 1.54. The van der Waals surface area contributed by atoms with Crippen LogP contribution in [0.5, 0.6) is 5.88 Å². The Balaban J connectivity index is 1.82. The van der Waals surface area contributed by atoms with Gasteiger partial charge in [0.2, 0.25) is 11.8 Å². The number of nitrogens with zero attached hydrogens (tertiary/aromatic N) is 2. The SMILES string of the molecule is O=C(O)C1CC(c2cc3n(n2)CCO3)NC1=O. The van der Waals surface area contributed by atoms with Crippen molar-refractivity contribution in [2.75, 3.05) is 6.61 Å². The van der Waals surface area contributed by atoms with E-state index in [1.165, 1.54) is 0 Å². The highest BCUT2D eigenvalue weighted by Crippen LogP contribution is 2.30. The van der Waals surface area contributed by atoms with Crippen LogP contribution in [0.4, 0.5) is 0 Å². The molecule has 0 radical (unpaired) electrons. The first-order chi connectivity index (χ1) is 8.15. The normalized spacial score (nSPS) is 26.5. The predicted octanol–water partition coefficient (Wildman–Crippen LogP) is -0.463. The van der Waals surface area contributed by atoms with Gasteiger partial charge in [0.05, 0.1) is 18.3 Å². The van der Waals surface area contributed by atoms with Gasteiger partial charge in [-0.1, -0.05) is 0 Å². The van der Waals surface area contributed by atoms with Crippen LogP contribution in [-0.4, -0.2) is 33.4 Å². The summed E-state index contributed by atoms with van der Waals surface area (Å²) >= 11 is 0. The van der Waals surface area contributed by atoms with E-state index in [-0.39, 0.29) is 12.5 Å². The molecule has 17 heavy (non-hydrogen) atoms. The highest BCUT2D eigenvalue weighted by atomic mass is 16.5. The smallest absolute Gasteiger partial charge is 0.316 e. The molecule has 2 atom stereocenters. The third-order valence-corrected chi connectivity index (χ3v) is 3.07. The molecule has 2 unspecified atom stereocenters. The topological polar surface area (TPSA) is 93.4 Å². The summed E-state index contributed by atoms with van der Waals surface area (Å²) in [7, 11) is 0. The molecule has 1 aromatic heterocycles. The lowest BCUT2D eigenvalue weighted by atomic mass is 10.0. The summed E-state index contributed by atoms with van der Waals surface area (Å²) in [6.07, 6.45) is 0.241. The molecular weight excluding hydrogens is 226 g/mol. The number of amides is 1. The average molecular weight is 237 g/mol. The Morgan fingerprint density at radius 2 is 2.47 bits per heavy atom. The number of aromatic nitrogens is 2. The lowest BCUT2D eigenvalue weighted by Gasteiger charge is -2.05. The molecule has 0 bridgehead atoms. The predicted molar refractivity (Wildman–Crippen MR) is 54.3 cm³/mol. The number of carbonyl (C=O) groups excluding carboxylic acids is 1. The van der Waals surface area contributed by atoms with Crippen LogP contribution in [0.2, 0.25) is 0 Å². The minimum absolute atomic E-state index is 0.241. The van der Waals surface area contributed by atoms with Crippen LogP contribution in [0, 0.1) is 5.92 Å². The Bertz CT molecular complexity index is 474. The van der Waals surface area contributed by atoms with E-state index in [0.717, 1.165) is 0 Å². The van der Waals surface area contributed by atoms with E-state index in [0.29, 0.717) is 24.7 Å². The van der Waals surface area contributed by atoms with Gasteiger partial charge >= 0.3 is 5.97 Å². The molecule has 90 valence electrons. The van der Waals surface area contributed by atoms with Crippen molar-refractivity contribution in [3.63, 3.8) is 0 Å². The Labute approximate surface area is 96.4 Å². The molecule has 7 heteroatoms. The summed E-state index contributed by atoms with van der Waals surface area (Å²) in [5, 5.41) is 15.8. The molecule has 1 fully saturated rings. The minimum atomic E-state index is -1.09. The van der Waals surface area contributed by atoms with E-state index in [9.17, 15) is 9.59 Å². The van der Waals surface area contributed by atoms with E-state index in [1.54, 1.807) is 10.7 Å². The molecule has 7 nitrogen and oxygen atoms in total. The molecule has 2 aliphatic heterocycles. The Morgan fingerprint density at radius 3 is 3.12 bits per heavy atom. The average Bonchev–Trinajstić information content (AvgIpc) is 2.88. The van der Waals surface area contributed by atoms with Gasteiger partial charge in [0.15, 0.2) is 0 Å². The summed E-state index contributed by atoms with van der Waals surface area (Å²) in [6, 6.07) is 1.42. The highest BCUT2D eigenvalue weighted by Gasteiger charge is 2.39. The zero-order valence-electron chi connectivity index (χ0n) is 8.92. The second-order valence-corrected chi connectivity index (χ2v) is 4.17. The van der Waals surface area contributed by atoms with E-state index in [1.807, 2.05) is 0 Å². The maximum atomic E-state index is 11.4. The first-order valence-corrected chi connectivity index (χ1v) is 5.39. The van der Waals surface area contributed by atoms with Gasteiger partial charge in [0.1, 0.15) is 12.5 Å². The maximum Gasteiger partial charge on any atom is 0.316 e. The molecule has 1 saturated heterocycles. The highest BCUT2D eigenvalue weighted by molar-refractivity contribution is 5.98. The van der Waals surface area contributed by atoms with Crippen molar-refractivity contribution in [1.82, 2.24) is 15.1 Å². The molecule has 3 heterocycles. The number of carboxylic acid groups (broad SMARTS) is 1. The van der Waals surface area contributed by atoms with Gasteiger partial charge in [-0.25, -0.2) is 4.68 Å². The summed E-state index contributed by atoms with van der Waals surface area (Å²) in [4.78, 5) is 22.2. The summed E-state index contributed by atoms with van der Waals surface area (Å²) in [5.41, 5.74) is 0.664. The van der Waals surface area contributed by atoms with Crippen LogP contribution in [0.3, 0.4) is 0 Å². The molecule has 1 amide bonds. The molecule has 0 saturated carbocycles.